The second-order valence-corrected chi connectivity index (χ2v) is 8.73. The summed E-state index contributed by atoms with van der Waals surface area (Å²) in [6, 6.07) is 0. The third-order valence-corrected chi connectivity index (χ3v) is 7.97. The SMILES string of the molecule is CC1(C)OC(=O)C(C2C3C4CC5C2[C@@H]2C[C@H]5C4C32)C(=O)O1. The molecule has 0 amide bonds. The highest BCUT2D eigenvalue weighted by molar-refractivity contribution is 5.97. The van der Waals surface area contributed by atoms with Crippen LogP contribution in [0.25, 0.3) is 0 Å². The van der Waals surface area contributed by atoms with Crippen molar-refractivity contribution < 1.29 is 19.1 Å². The lowest BCUT2D eigenvalue weighted by molar-refractivity contribution is -0.246. The Morgan fingerprint density at radius 2 is 1.24 bits per heavy atom. The number of esters is 2. The van der Waals surface area contributed by atoms with Crippen LogP contribution in [0.2, 0.25) is 0 Å². The van der Waals surface area contributed by atoms with E-state index < -0.39 is 11.7 Å². The molecule has 4 nitrogen and oxygen atoms in total. The Kier molecular flexibility index (Phi) is 1.65. The maximum atomic E-state index is 12.5. The van der Waals surface area contributed by atoms with E-state index in [2.05, 4.69) is 0 Å². The third kappa shape index (κ3) is 1.02. The molecule has 1 aliphatic heterocycles. The van der Waals surface area contributed by atoms with Crippen LogP contribution in [-0.2, 0) is 19.1 Å². The molecule has 0 aromatic carbocycles. The van der Waals surface area contributed by atoms with Crippen LogP contribution in [0.1, 0.15) is 26.7 Å². The number of rotatable bonds is 1. The number of carbonyl (C=O) groups is 2. The Morgan fingerprint density at radius 3 is 1.81 bits per heavy atom. The topological polar surface area (TPSA) is 52.6 Å². The van der Waals surface area contributed by atoms with Gasteiger partial charge in [-0.3, -0.25) is 9.59 Å². The molecule has 0 aromatic rings. The second-order valence-electron chi connectivity index (χ2n) is 8.73. The van der Waals surface area contributed by atoms with Gasteiger partial charge in [-0.1, -0.05) is 0 Å². The van der Waals surface area contributed by atoms with Crippen LogP contribution in [0.4, 0.5) is 0 Å². The molecule has 5 aliphatic carbocycles. The lowest BCUT2D eigenvalue weighted by Gasteiger charge is -2.49. The zero-order valence-electron chi connectivity index (χ0n) is 12.3. The second kappa shape index (κ2) is 3.02. The Morgan fingerprint density at radius 1 is 0.762 bits per heavy atom. The lowest BCUT2D eigenvalue weighted by Crippen LogP contribution is -2.54. The summed E-state index contributed by atoms with van der Waals surface area (Å²) in [5, 5.41) is 0. The molecule has 6 aliphatic rings. The van der Waals surface area contributed by atoms with Gasteiger partial charge in [0.25, 0.3) is 5.79 Å². The van der Waals surface area contributed by atoms with Crippen molar-refractivity contribution in [1.82, 2.24) is 0 Å². The van der Waals surface area contributed by atoms with Crippen molar-refractivity contribution in [3.05, 3.63) is 0 Å². The van der Waals surface area contributed by atoms with E-state index in [1.54, 1.807) is 13.8 Å². The standard InChI is InChI=1S/C17H20O4/c1-17(2)20-15(18)14(16(19)21-17)13-10-6-4-7-9-5(6)3-8(10)11(9)12(7)13/h5-14H,3-4H2,1-2H3/t5-,6?,7?,8+,9?,10?,11?,12?,13?/m1/s1. The normalized spacial score (nSPS) is 61.1. The summed E-state index contributed by atoms with van der Waals surface area (Å²) < 4.78 is 10.8. The smallest absolute Gasteiger partial charge is 0.323 e. The minimum absolute atomic E-state index is 0.226. The molecule has 0 radical (unpaired) electrons. The molecule has 0 aromatic heterocycles. The number of ether oxygens (including phenoxy) is 2. The van der Waals surface area contributed by atoms with Gasteiger partial charge in [-0.05, 0) is 66.1 Å². The van der Waals surface area contributed by atoms with Gasteiger partial charge >= 0.3 is 11.9 Å². The summed E-state index contributed by atoms with van der Waals surface area (Å²) in [6.07, 6.45) is 2.74. The molecule has 1 saturated heterocycles. The van der Waals surface area contributed by atoms with E-state index in [4.69, 9.17) is 9.47 Å². The molecule has 9 atom stereocenters. The van der Waals surface area contributed by atoms with Gasteiger partial charge < -0.3 is 9.47 Å². The van der Waals surface area contributed by atoms with Crippen molar-refractivity contribution in [2.75, 3.05) is 0 Å². The molecule has 0 spiro atoms. The Bertz CT molecular complexity index is 570. The first-order valence-corrected chi connectivity index (χ1v) is 8.44. The van der Waals surface area contributed by atoms with Crippen LogP contribution in [-0.4, -0.2) is 17.7 Å². The van der Waals surface area contributed by atoms with E-state index >= 15 is 0 Å². The largest absolute Gasteiger partial charge is 0.422 e. The van der Waals surface area contributed by atoms with Crippen molar-refractivity contribution in [3.63, 3.8) is 0 Å². The van der Waals surface area contributed by atoms with Gasteiger partial charge in [0.2, 0.25) is 0 Å². The van der Waals surface area contributed by atoms with Gasteiger partial charge in [0, 0.05) is 13.8 Å². The van der Waals surface area contributed by atoms with Crippen molar-refractivity contribution in [2.24, 2.45) is 59.2 Å². The van der Waals surface area contributed by atoms with Crippen molar-refractivity contribution >= 4 is 11.9 Å². The fraction of sp³-hybridized carbons (Fsp3) is 0.882. The number of carbonyl (C=O) groups excluding carboxylic acids is 2. The highest BCUT2D eigenvalue weighted by atomic mass is 16.7. The predicted octanol–water partition coefficient (Wildman–Crippen LogP) is 1.83. The van der Waals surface area contributed by atoms with Gasteiger partial charge in [0.05, 0.1) is 0 Å². The van der Waals surface area contributed by atoms with Gasteiger partial charge in [-0.15, -0.1) is 0 Å². The summed E-state index contributed by atoms with van der Waals surface area (Å²) >= 11 is 0. The quantitative estimate of drug-likeness (QED) is 0.545. The van der Waals surface area contributed by atoms with E-state index in [0.29, 0.717) is 11.8 Å². The number of fused-ring (bicyclic) bond motifs is 2. The molecule has 5 saturated carbocycles. The van der Waals surface area contributed by atoms with Gasteiger partial charge in [0.15, 0.2) is 5.92 Å². The summed E-state index contributed by atoms with van der Waals surface area (Å²) in [5.74, 6) is 4.14. The highest BCUT2D eigenvalue weighted by Gasteiger charge is 2.82. The van der Waals surface area contributed by atoms with Crippen LogP contribution in [0.5, 0.6) is 0 Å². The fourth-order valence-corrected chi connectivity index (χ4v) is 8.04. The number of hydrogen-bond acceptors (Lipinski definition) is 4. The molecule has 6 rings (SSSR count). The van der Waals surface area contributed by atoms with Crippen molar-refractivity contribution in [3.8, 4) is 0 Å². The minimum Gasteiger partial charge on any atom is -0.422 e. The van der Waals surface area contributed by atoms with Crippen LogP contribution in [0, 0.1) is 59.2 Å². The zero-order valence-corrected chi connectivity index (χ0v) is 12.3. The van der Waals surface area contributed by atoms with Crippen LogP contribution in [0.3, 0.4) is 0 Å². The molecule has 4 heteroatoms. The fourth-order valence-electron chi connectivity index (χ4n) is 8.04. The third-order valence-electron chi connectivity index (χ3n) is 7.97. The Balaban J connectivity index is 1.41. The first-order valence-electron chi connectivity index (χ1n) is 8.44. The highest BCUT2D eigenvalue weighted by Crippen LogP contribution is 2.85. The van der Waals surface area contributed by atoms with E-state index in [1.807, 2.05) is 0 Å². The first-order chi connectivity index (χ1) is 9.98. The van der Waals surface area contributed by atoms with Gasteiger partial charge in [-0.2, -0.15) is 0 Å². The molecule has 21 heavy (non-hydrogen) atoms. The Hall–Kier alpha value is -1.06. The average Bonchev–Trinajstić information content (AvgIpc) is 2.85. The van der Waals surface area contributed by atoms with Gasteiger partial charge in [-0.25, -0.2) is 0 Å². The minimum atomic E-state index is -1.09. The van der Waals surface area contributed by atoms with Gasteiger partial charge in [0.1, 0.15) is 0 Å². The predicted molar refractivity (Wildman–Crippen MR) is 70.4 cm³/mol. The van der Waals surface area contributed by atoms with E-state index in [-0.39, 0.29) is 17.9 Å². The first kappa shape index (κ1) is 11.5. The molecule has 0 N–H and O–H groups in total. The lowest BCUT2D eigenvalue weighted by atomic mass is 9.55. The maximum absolute atomic E-state index is 12.5. The van der Waals surface area contributed by atoms with Crippen molar-refractivity contribution in [2.45, 2.75) is 32.5 Å². The van der Waals surface area contributed by atoms with E-state index in [9.17, 15) is 9.59 Å². The van der Waals surface area contributed by atoms with Crippen LogP contribution >= 0.6 is 0 Å². The summed E-state index contributed by atoms with van der Waals surface area (Å²) in [7, 11) is 0. The Labute approximate surface area is 123 Å². The summed E-state index contributed by atoms with van der Waals surface area (Å²) in [5.41, 5.74) is 0. The molecular weight excluding hydrogens is 268 g/mol. The molecule has 112 valence electrons. The summed E-state index contributed by atoms with van der Waals surface area (Å²) in [4.78, 5) is 25.0. The van der Waals surface area contributed by atoms with Crippen LogP contribution < -0.4 is 0 Å². The van der Waals surface area contributed by atoms with E-state index in [0.717, 1.165) is 35.5 Å². The van der Waals surface area contributed by atoms with Crippen LogP contribution in [0.15, 0.2) is 0 Å². The van der Waals surface area contributed by atoms with E-state index in [1.165, 1.54) is 12.8 Å². The molecule has 7 unspecified atom stereocenters. The monoisotopic (exact) mass is 288 g/mol. The number of cyclic esters (lactones) is 2. The maximum Gasteiger partial charge on any atom is 0.323 e. The number of hydrogen-bond donors (Lipinski definition) is 0. The molecule has 2 bridgehead atoms. The molecule has 6 fully saturated rings. The molecular formula is C17H20O4. The summed E-state index contributed by atoms with van der Waals surface area (Å²) in [6.45, 7) is 3.28. The average molecular weight is 288 g/mol. The van der Waals surface area contributed by atoms with Crippen molar-refractivity contribution in [1.29, 1.82) is 0 Å². The molecule has 1 heterocycles. The zero-order chi connectivity index (χ0) is 14.3.